The van der Waals surface area contributed by atoms with E-state index in [1.807, 2.05) is 33.3 Å². The third-order valence-electron chi connectivity index (χ3n) is 1.89. The van der Waals surface area contributed by atoms with Gasteiger partial charge in [-0.1, -0.05) is 6.92 Å². The van der Waals surface area contributed by atoms with Crippen molar-refractivity contribution >= 4 is 0 Å². The second-order valence-electron chi connectivity index (χ2n) is 4.61. The molecule has 15 heavy (non-hydrogen) atoms. The molecule has 0 saturated carbocycles. The van der Waals surface area contributed by atoms with Gasteiger partial charge >= 0.3 is 0 Å². The quantitative estimate of drug-likeness (QED) is 0.758. The summed E-state index contributed by atoms with van der Waals surface area (Å²) >= 11 is 0. The molecule has 1 rings (SSSR count). The Labute approximate surface area is 91.6 Å². The topological polar surface area (TPSA) is 39.1 Å². The molecule has 0 aliphatic carbocycles. The monoisotopic (exact) mass is 211 g/mol. The van der Waals surface area contributed by atoms with Gasteiger partial charge in [0.1, 0.15) is 0 Å². The fourth-order valence-corrected chi connectivity index (χ4v) is 1.26. The number of imidazole rings is 1. The van der Waals surface area contributed by atoms with E-state index in [1.54, 1.807) is 0 Å². The highest BCUT2D eigenvalue weighted by Crippen LogP contribution is 2.05. The molecular weight excluding hydrogens is 190 g/mol. The number of hydroxylamine groups is 1. The Morgan fingerprint density at radius 2 is 2.20 bits per heavy atom. The van der Waals surface area contributed by atoms with Crippen LogP contribution in [0.15, 0.2) is 12.5 Å². The lowest BCUT2D eigenvalue weighted by Crippen LogP contribution is -2.29. The van der Waals surface area contributed by atoms with Gasteiger partial charge in [0.05, 0.1) is 24.2 Å². The molecule has 0 bridgehead atoms. The minimum absolute atomic E-state index is 0.157. The maximum atomic E-state index is 5.44. The number of hydrogen-bond acceptors (Lipinski definition) is 3. The molecule has 86 valence electrons. The minimum atomic E-state index is -0.157. The van der Waals surface area contributed by atoms with Crippen molar-refractivity contribution < 1.29 is 4.84 Å². The number of hydrogen-bond donors (Lipinski definition) is 1. The van der Waals surface area contributed by atoms with Crippen molar-refractivity contribution in [1.82, 2.24) is 15.0 Å². The van der Waals surface area contributed by atoms with E-state index in [-0.39, 0.29) is 5.60 Å². The third-order valence-corrected chi connectivity index (χ3v) is 1.89. The number of nitrogens with one attached hydrogen (secondary N) is 1. The molecule has 4 nitrogen and oxygen atoms in total. The Morgan fingerprint density at radius 1 is 1.47 bits per heavy atom. The molecule has 4 heteroatoms. The molecule has 0 amide bonds. The van der Waals surface area contributed by atoms with Gasteiger partial charge in [0.2, 0.25) is 0 Å². The number of aromatic nitrogens is 2. The molecule has 1 heterocycles. The zero-order valence-corrected chi connectivity index (χ0v) is 10.1. The van der Waals surface area contributed by atoms with E-state index in [0.717, 1.165) is 18.7 Å². The lowest BCUT2D eigenvalue weighted by Gasteiger charge is -2.19. The van der Waals surface area contributed by atoms with Crippen LogP contribution in [0, 0.1) is 0 Å². The van der Waals surface area contributed by atoms with Crippen molar-refractivity contribution in [1.29, 1.82) is 0 Å². The highest BCUT2D eigenvalue weighted by Gasteiger charge is 2.10. The third kappa shape index (κ3) is 4.44. The van der Waals surface area contributed by atoms with Crippen molar-refractivity contribution in [2.75, 3.05) is 0 Å². The van der Waals surface area contributed by atoms with Gasteiger partial charge in [-0.2, -0.15) is 5.48 Å². The Kier molecular flexibility index (Phi) is 4.29. The first-order valence-corrected chi connectivity index (χ1v) is 5.43. The Balaban J connectivity index is 2.40. The Bertz CT molecular complexity index is 288. The van der Waals surface area contributed by atoms with Crippen LogP contribution in [0.5, 0.6) is 0 Å². The maximum Gasteiger partial charge on any atom is 0.0948 e. The summed E-state index contributed by atoms with van der Waals surface area (Å²) in [6, 6.07) is 0. The summed E-state index contributed by atoms with van der Waals surface area (Å²) in [5, 5.41) is 0. The van der Waals surface area contributed by atoms with Crippen LogP contribution >= 0.6 is 0 Å². The van der Waals surface area contributed by atoms with Gasteiger partial charge in [-0.05, 0) is 27.2 Å². The molecule has 1 aromatic rings. The van der Waals surface area contributed by atoms with Crippen molar-refractivity contribution in [3.05, 3.63) is 18.2 Å². The Hall–Kier alpha value is -0.870. The second kappa shape index (κ2) is 5.28. The van der Waals surface area contributed by atoms with Crippen LogP contribution < -0.4 is 5.48 Å². The molecule has 1 N–H and O–H groups in total. The molecule has 0 radical (unpaired) electrons. The fourth-order valence-electron chi connectivity index (χ4n) is 1.26. The van der Waals surface area contributed by atoms with E-state index in [2.05, 4.69) is 22.0 Å². The summed E-state index contributed by atoms with van der Waals surface area (Å²) in [5.74, 6) is 0. The summed E-state index contributed by atoms with van der Waals surface area (Å²) in [6.07, 6.45) is 4.84. The largest absolute Gasteiger partial charge is 0.333 e. The average Bonchev–Trinajstić information content (AvgIpc) is 2.51. The zero-order valence-electron chi connectivity index (χ0n) is 10.1. The van der Waals surface area contributed by atoms with E-state index < -0.39 is 0 Å². The summed E-state index contributed by atoms with van der Waals surface area (Å²) in [6.45, 7) is 9.91. The van der Waals surface area contributed by atoms with Crippen LogP contribution in [0.3, 0.4) is 0 Å². The zero-order chi connectivity index (χ0) is 11.3. The van der Waals surface area contributed by atoms with Gasteiger partial charge in [0.25, 0.3) is 0 Å². The van der Waals surface area contributed by atoms with E-state index in [1.165, 1.54) is 0 Å². The van der Waals surface area contributed by atoms with Gasteiger partial charge in [-0.15, -0.1) is 0 Å². The summed E-state index contributed by atoms with van der Waals surface area (Å²) in [7, 11) is 0. The Morgan fingerprint density at radius 3 is 2.80 bits per heavy atom. The van der Waals surface area contributed by atoms with Crippen LogP contribution in [-0.4, -0.2) is 15.2 Å². The van der Waals surface area contributed by atoms with E-state index in [4.69, 9.17) is 4.84 Å². The molecule has 0 unspecified atom stereocenters. The van der Waals surface area contributed by atoms with Crippen molar-refractivity contribution in [2.45, 2.75) is 52.8 Å². The molecular formula is C11H21N3O. The average molecular weight is 211 g/mol. The first-order chi connectivity index (χ1) is 7.03. The summed E-state index contributed by atoms with van der Waals surface area (Å²) in [4.78, 5) is 9.57. The highest BCUT2D eigenvalue weighted by atomic mass is 16.7. The van der Waals surface area contributed by atoms with Gasteiger partial charge < -0.3 is 4.57 Å². The number of rotatable bonds is 5. The van der Waals surface area contributed by atoms with E-state index in [9.17, 15) is 0 Å². The predicted molar refractivity (Wildman–Crippen MR) is 60.2 cm³/mol. The molecule has 1 aromatic heterocycles. The van der Waals surface area contributed by atoms with Gasteiger partial charge in [0, 0.05) is 12.7 Å². The SMILES string of the molecule is CCCn1cncc1CNOC(C)(C)C. The summed E-state index contributed by atoms with van der Waals surface area (Å²) in [5.41, 5.74) is 3.96. The fraction of sp³-hybridized carbons (Fsp3) is 0.727. The standard InChI is InChI=1S/C11H21N3O/c1-5-6-14-9-12-7-10(14)8-13-15-11(2,3)4/h7,9,13H,5-6,8H2,1-4H3. The van der Waals surface area contributed by atoms with E-state index in [0.29, 0.717) is 6.54 Å². The maximum absolute atomic E-state index is 5.44. The van der Waals surface area contributed by atoms with Crippen molar-refractivity contribution in [3.63, 3.8) is 0 Å². The molecule has 0 saturated heterocycles. The highest BCUT2D eigenvalue weighted by molar-refractivity contribution is 4.97. The van der Waals surface area contributed by atoms with Crippen molar-refractivity contribution in [3.8, 4) is 0 Å². The lowest BCUT2D eigenvalue weighted by molar-refractivity contribution is -0.0764. The molecule has 0 fully saturated rings. The van der Waals surface area contributed by atoms with E-state index >= 15 is 0 Å². The molecule has 0 spiro atoms. The van der Waals surface area contributed by atoms with Crippen LogP contribution in [0.4, 0.5) is 0 Å². The smallest absolute Gasteiger partial charge is 0.0948 e. The first-order valence-electron chi connectivity index (χ1n) is 5.43. The van der Waals surface area contributed by atoms with Crippen LogP contribution in [0.25, 0.3) is 0 Å². The normalized spacial score (nSPS) is 12.0. The van der Waals surface area contributed by atoms with Gasteiger partial charge in [-0.25, -0.2) is 4.98 Å². The first kappa shape index (κ1) is 12.2. The van der Waals surface area contributed by atoms with Crippen LogP contribution in [0.1, 0.15) is 39.8 Å². The van der Waals surface area contributed by atoms with Gasteiger partial charge in [0.15, 0.2) is 0 Å². The van der Waals surface area contributed by atoms with Crippen molar-refractivity contribution in [2.24, 2.45) is 0 Å². The lowest BCUT2D eigenvalue weighted by atomic mass is 10.2. The molecule has 0 aliphatic heterocycles. The summed E-state index contributed by atoms with van der Waals surface area (Å²) < 4.78 is 2.14. The van der Waals surface area contributed by atoms with Gasteiger partial charge in [-0.3, -0.25) is 4.84 Å². The predicted octanol–water partition coefficient (Wildman–Crippen LogP) is 2.11. The molecule has 0 aliphatic rings. The second-order valence-corrected chi connectivity index (χ2v) is 4.61. The number of nitrogens with zero attached hydrogens (tertiary/aromatic N) is 2. The van der Waals surface area contributed by atoms with Crippen LogP contribution in [-0.2, 0) is 17.9 Å². The minimum Gasteiger partial charge on any atom is -0.333 e. The molecule has 0 aromatic carbocycles. The van der Waals surface area contributed by atoms with Crippen LogP contribution in [0.2, 0.25) is 0 Å². The number of aryl methyl sites for hydroxylation is 1. The molecule has 0 atom stereocenters.